The van der Waals surface area contributed by atoms with Crippen molar-refractivity contribution in [1.82, 2.24) is 10.0 Å². The zero-order chi connectivity index (χ0) is 17.6. The SMILES string of the molecule is CCC(C)NC(=O)CCCCCN=C1NS(=O)(=O)c2ccccc21. The minimum atomic E-state index is -3.46. The third-order valence-corrected chi connectivity index (χ3v) is 5.41. The molecule has 0 aliphatic carbocycles. The predicted octanol–water partition coefficient (Wildman–Crippen LogP) is 2.20. The maximum absolute atomic E-state index is 11.9. The molecular weight excluding hydrogens is 326 g/mol. The summed E-state index contributed by atoms with van der Waals surface area (Å²) in [5.41, 5.74) is 0.630. The average Bonchev–Trinajstić information content (AvgIpc) is 2.82. The lowest BCUT2D eigenvalue weighted by Gasteiger charge is -2.10. The van der Waals surface area contributed by atoms with Crippen molar-refractivity contribution in [3.05, 3.63) is 29.8 Å². The third-order valence-electron chi connectivity index (χ3n) is 4.01. The number of aliphatic imine (C=N–C) groups is 1. The van der Waals surface area contributed by atoms with Crippen molar-refractivity contribution in [2.24, 2.45) is 4.99 Å². The molecule has 0 radical (unpaired) electrons. The van der Waals surface area contributed by atoms with E-state index in [1.165, 1.54) is 0 Å². The van der Waals surface area contributed by atoms with Gasteiger partial charge < -0.3 is 5.32 Å². The number of carbonyl (C=O) groups excluding carboxylic acids is 1. The van der Waals surface area contributed by atoms with Gasteiger partial charge in [-0.05, 0) is 38.3 Å². The lowest BCUT2D eigenvalue weighted by Crippen LogP contribution is -2.31. The Bertz CT molecular complexity index is 714. The number of nitrogens with zero attached hydrogens (tertiary/aromatic N) is 1. The van der Waals surface area contributed by atoms with E-state index >= 15 is 0 Å². The number of fused-ring (bicyclic) bond motifs is 1. The first-order chi connectivity index (χ1) is 11.4. The minimum Gasteiger partial charge on any atom is -0.354 e. The molecule has 0 bridgehead atoms. The van der Waals surface area contributed by atoms with Gasteiger partial charge in [0.05, 0.1) is 4.90 Å². The summed E-state index contributed by atoms with van der Waals surface area (Å²) in [7, 11) is -3.46. The highest BCUT2D eigenvalue weighted by molar-refractivity contribution is 7.90. The molecule has 0 saturated carbocycles. The van der Waals surface area contributed by atoms with Crippen LogP contribution in [0, 0.1) is 0 Å². The second-order valence-corrected chi connectivity index (χ2v) is 7.67. The fourth-order valence-corrected chi connectivity index (χ4v) is 3.72. The monoisotopic (exact) mass is 351 g/mol. The van der Waals surface area contributed by atoms with Crippen LogP contribution < -0.4 is 10.0 Å². The fourth-order valence-electron chi connectivity index (χ4n) is 2.47. The molecule has 132 valence electrons. The van der Waals surface area contributed by atoms with E-state index in [9.17, 15) is 13.2 Å². The molecule has 0 aromatic heterocycles. The quantitative estimate of drug-likeness (QED) is 0.704. The van der Waals surface area contributed by atoms with Crippen molar-refractivity contribution in [2.75, 3.05) is 6.54 Å². The number of amidine groups is 1. The highest BCUT2D eigenvalue weighted by atomic mass is 32.2. The summed E-state index contributed by atoms with van der Waals surface area (Å²) >= 11 is 0. The third kappa shape index (κ3) is 4.80. The molecule has 1 amide bonds. The number of benzene rings is 1. The maximum atomic E-state index is 11.9. The summed E-state index contributed by atoms with van der Waals surface area (Å²) in [5.74, 6) is 0.508. The molecule has 1 aliphatic rings. The Hall–Kier alpha value is -1.89. The second-order valence-electron chi connectivity index (χ2n) is 6.02. The van der Waals surface area contributed by atoms with E-state index in [1.54, 1.807) is 24.3 Å². The Balaban J connectivity index is 1.75. The number of amides is 1. The number of unbranched alkanes of at least 4 members (excludes halogenated alkanes) is 2. The Morgan fingerprint density at radius 3 is 2.75 bits per heavy atom. The van der Waals surface area contributed by atoms with Gasteiger partial charge in [0.1, 0.15) is 5.84 Å². The number of hydrogen-bond acceptors (Lipinski definition) is 4. The van der Waals surface area contributed by atoms with Gasteiger partial charge in [-0.3, -0.25) is 14.5 Å². The summed E-state index contributed by atoms with van der Waals surface area (Å²) in [5, 5.41) is 2.94. The smallest absolute Gasteiger partial charge is 0.263 e. The summed E-state index contributed by atoms with van der Waals surface area (Å²) in [6.07, 6.45) is 3.98. The molecule has 1 unspecified atom stereocenters. The van der Waals surface area contributed by atoms with Crippen LogP contribution in [0.1, 0.15) is 51.5 Å². The largest absolute Gasteiger partial charge is 0.354 e. The van der Waals surface area contributed by atoms with E-state index in [2.05, 4.69) is 15.0 Å². The highest BCUT2D eigenvalue weighted by Gasteiger charge is 2.29. The van der Waals surface area contributed by atoms with Gasteiger partial charge in [-0.25, -0.2) is 8.42 Å². The zero-order valence-corrected chi connectivity index (χ0v) is 15.0. The molecule has 6 nitrogen and oxygen atoms in total. The van der Waals surface area contributed by atoms with Gasteiger partial charge in [0.25, 0.3) is 10.0 Å². The van der Waals surface area contributed by atoms with Gasteiger partial charge in [0.15, 0.2) is 0 Å². The lowest BCUT2D eigenvalue weighted by molar-refractivity contribution is -0.121. The van der Waals surface area contributed by atoms with E-state index in [1.807, 2.05) is 13.8 Å². The Labute approximate surface area is 143 Å². The molecule has 2 rings (SSSR count). The van der Waals surface area contributed by atoms with Crippen LogP contribution in [0.25, 0.3) is 0 Å². The van der Waals surface area contributed by atoms with Crippen molar-refractivity contribution >= 4 is 21.8 Å². The lowest BCUT2D eigenvalue weighted by atomic mass is 10.1. The van der Waals surface area contributed by atoms with Crippen molar-refractivity contribution in [2.45, 2.75) is 56.9 Å². The van der Waals surface area contributed by atoms with E-state index in [0.29, 0.717) is 24.4 Å². The topological polar surface area (TPSA) is 87.6 Å². The molecule has 1 heterocycles. The molecule has 1 aromatic rings. The van der Waals surface area contributed by atoms with Gasteiger partial charge in [-0.15, -0.1) is 0 Å². The summed E-state index contributed by atoms with van der Waals surface area (Å²) < 4.78 is 26.4. The molecule has 1 aromatic carbocycles. The standard InChI is InChI=1S/C17H25N3O3S/c1-3-13(2)19-16(21)11-5-4-8-12-18-17-14-9-6-7-10-15(14)24(22,23)20-17/h6-7,9-10,13H,3-5,8,11-12H2,1-2H3,(H,18,20)(H,19,21). The zero-order valence-electron chi connectivity index (χ0n) is 14.2. The van der Waals surface area contributed by atoms with Crippen LogP contribution in [0.4, 0.5) is 0 Å². The fraction of sp³-hybridized carbons (Fsp3) is 0.529. The first-order valence-corrected chi connectivity index (χ1v) is 9.88. The summed E-state index contributed by atoms with van der Waals surface area (Å²) in [6.45, 7) is 4.58. The molecule has 1 atom stereocenters. The second kappa shape index (κ2) is 8.28. The van der Waals surface area contributed by atoms with Crippen LogP contribution in [0.5, 0.6) is 0 Å². The first kappa shape index (κ1) is 18.4. The first-order valence-electron chi connectivity index (χ1n) is 8.40. The number of rotatable bonds is 8. The molecule has 0 fully saturated rings. The van der Waals surface area contributed by atoms with Gasteiger partial charge in [0.2, 0.25) is 5.91 Å². The van der Waals surface area contributed by atoms with E-state index in [0.717, 1.165) is 25.7 Å². The van der Waals surface area contributed by atoms with Crippen LogP contribution in [0.2, 0.25) is 0 Å². The molecular formula is C17H25N3O3S. The molecule has 2 N–H and O–H groups in total. The van der Waals surface area contributed by atoms with Crippen LogP contribution in [-0.4, -0.2) is 32.7 Å². The van der Waals surface area contributed by atoms with Gasteiger partial charge in [0, 0.05) is 24.6 Å². The minimum absolute atomic E-state index is 0.0909. The van der Waals surface area contributed by atoms with E-state index < -0.39 is 10.0 Å². The molecule has 24 heavy (non-hydrogen) atoms. The number of nitrogens with one attached hydrogen (secondary N) is 2. The van der Waals surface area contributed by atoms with Gasteiger partial charge >= 0.3 is 0 Å². The number of sulfonamides is 1. The van der Waals surface area contributed by atoms with Crippen molar-refractivity contribution < 1.29 is 13.2 Å². The highest BCUT2D eigenvalue weighted by Crippen LogP contribution is 2.22. The van der Waals surface area contributed by atoms with Crippen LogP contribution in [0.3, 0.4) is 0 Å². The maximum Gasteiger partial charge on any atom is 0.263 e. The average molecular weight is 351 g/mol. The Morgan fingerprint density at radius 2 is 2.00 bits per heavy atom. The number of carbonyl (C=O) groups is 1. The predicted molar refractivity (Wildman–Crippen MR) is 94.5 cm³/mol. The molecule has 0 spiro atoms. The van der Waals surface area contributed by atoms with Crippen molar-refractivity contribution in [3.63, 3.8) is 0 Å². The van der Waals surface area contributed by atoms with Gasteiger partial charge in [-0.1, -0.05) is 25.5 Å². The summed E-state index contributed by atoms with van der Waals surface area (Å²) in [4.78, 5) is 16.3. The van der Waals surface area contributed by atoms with Crippen LogP contribution in [0.15, 0.2) is 34.2 Å². The molecule has 1 aliphatic heterocycles. The van der Waals surface area contributed by atoms with Crippen molar-refractivity contribution in [1.29, 1.82) is 0 Å². The van der Waals surface area contributed by atoms with E-state index in [4.69, 9.17) is 0 Å². The van der Waals surface area contributed by atoms with E-state index in [-0.39, 0.29) is 16.8 Å². The van der Waals surface area contributed by atoms with Gasteiger partial charge in [-0.2, -0.15) is 0 Å². The van der Waals surface area contributed by atoms with Crippen LogP contribution >= 0.6 is 0 Å². The normalized spacial score (nSPS) is 18.0. The van der Waals surface area contributed by atoms with Crippen molar-refractivity contribution in [3.8, 4) is 0 Å². The molecule has 7 heteroatoms. The van der Waals surface area contributed by atoms with Crippen LogP contribution in [-0.2, 0) is 14.8 Å². The Morgan fingerprint density at radius 1 is 1.25 bits per heavy atom. The molecule has 0 saturated heterocycles. The Kier molecular flexibility index (Phi) is 6.36. The summed E-state index contributed by atoms with van der Waals surface area (Å²) in [6, 6.07) is 7.05. The number of hydrogen-bond donors (Lipinski definition) is 2.